The maximum absolute atomic E-state index is 13.1. The summed E-state index contributed by atoms with van der Waals surface area (Å²) in [6.07, 6.45) is -9.21. The number of aryl methyl sites for hydroxylation is 1. The first-order chi connectivity index (χ1) is 15.3. The first-order valence-corrected chi connectivity index (χ1v) is 9.50. The van der Waals surface area contributed by atoms with Gasteiger partial charge in [-0.05, 0) is 41.5 Å². The third-order valence-electron chi connectivity index (χ3n) is 4.72. The van der Waals surface area contributed by atoms with Crippen molar-refractivity contribution >= 4 is 5.91 Å². The van der Waals surface area contributed by atoms with E-state index in [4.69, 9.17) is 0 Å². The van der Waals surface area contributed by atoms with E-state index < -0.39 is 34.9 Å². The Hall–Kier alpha value is -3.63. The smallest absolute Gasteiger partial charge is 0.329 e. The molecular formula is C22H17F6N3O2. The van der Waals surface area contributed by atoms with Gasteiger partial charge in [0.2, 0.25) is 0 Å². The van der Waals surface area contributed by atoms with E-state index in [9.17, 15) is 35.9 Å². The minimum atomic E-state index is -4.61. The molecule has 0 aliphatic heterocycles. The summed E-state index contributed by atoms with van der Waals surface area (Å²) in [5, 5.41) is 3.84. The fourth-order valence-corrected chi connectivity index (χ4v) is 3.11. The van der Waals surface area contributed by atoms with Crippen molar-refractivity contribution in [2.75, 3.05) is 0 Å². The number of alkyl halides is 6. The fraction of sp³-hybridized carbons (Fsp3) is 0.227. The topological polar surface area (TPSA) is 55.2 Å². The largest absolute Gasteiger partial charge is 0.416 e. The van der Waals surface area contributed by atoms with E-state index in [2.05, 4.69) is 5.10 Å². The second-order valence-electron chi connectivity index (χ2n) is 7.24. The normalized spacial score (nSPS) is 12.0. The van der Waals surface area contributed by atoms with Crippen LogP contribution >= 0.6 is 0 Å². The van der Waals surface area contributed by atoms with Gasteiger partial charge < -0.3 is 4.90 Å². The fourth-order valence-electron chi connectivity index (χ4n) is 3.11. The summed E-state index contributed by atoms with van der Waals surface area (Å²) < 4.78 is 79.4. The lowest BCUT2D eigenvalue weighted by Crippen LogP contribution is -2.33. The Bertz CT molecular complexity index is 1160. The molecule has 0 fully saturated rings. The molecule has 5 nitrogen and oxygen atoms in total. The van der Waals surface area contributed by atoms with Gasteiger partial charge in [0.15, 0.2) is 0 Å². The Morgan fingerprint density at radius 3 is 1.76 bits per heavy atom. The van der Waals surface area contributed by atoms with Crippen molar-refractivity contribution in [1.82, 2.24) is 14.7 Å². The molecule has 0 spiro atoms. The molecule has 1 heterocycles. The predicted molar refractivity (Wildman–Crippen MR) is 106 cm³/mol. The zero-order valence-electron chi connectivity index (χ0n) is 17.1. The maximum atomic E-state index is 13.1. The number of benzene rings is 2. The van der Waals surface area contributed by atoms with Crippen LogP contribution < -0.4 is 5.56 Å². The van der Waals surface area contributed by atoms with Gasteiger partial charge in [0.05, 0.1) is 11.1 Å². The highest BCUT2D eigenvalue weighted by molar-refractivity contribution is 5.92. The standard InChI is InChI=1S/C22H17F6N3O2/c1-30-19(32)9-8-18(29-30)20(33)31(12-14-4-2-6-16(10-14)21(23,24)25)13-15-5-3-7-17(11-15)22(26,27)28/h2-11H,12-13H2,1H3. The van der Waals surface area contributed by atoms with Crippen LogP contribution in [0.3, 0.4) is 0 Å². The third-order valence-corrected chi connectivity index (χ3v) is 4.72. The highest BCUT2D eigenvalue weighted by Gasteiger charge is 2.32. The van der Waals surface area contributed by atoms with Gasteiger partial charge in [-0.15, -0.1) is 0 Å². The van der Waals surface area contributed by atoms with E-state index in [1.165, 1.54) is 31.3 Å². The molecule has 0 saturated carbocycles. The van der Waals surface area contributed by atoms with Crippen molar-refractivity contribution in [3.63, 3.8) is 0 Å². The predicted octanol–water partition coefficient (Wildman–Crippen LogP) is 4.66. The molecule has 33 heavy (non-hydrogen) atoms. The average molecular weight is 469 g/mol. The van der Waals surface area contributed by atoms with Gasteiger partial charge >= 0.3 is 12.4 Å². The Morgan fingerprint density at radius 2 is 1.33 bits per heavy atom. The van der Waals surface area contributed by atoms with E-state index in [1.807, 2.05) is 0 Å². The molecule has 174 valence electrons. The number of carbonyl (C=O) groups excluding carboxylic acids is 1. The summed E-state index contributed by atoms with van der Waals surface area (Å²) in [6.45, 7) is -0.660. The molecule has 0 atom stereocenters. The lowest BCUT2D eigenvalue weighted by molar-refractivity contribution is -0.138. The van der Waals surface area contributed by atoms with Crippen LogP contribution in [0, 0.1) is 0 Å². The Kier molecular flexibility index (Phi) is 6.61. The van der Waals surface area contributed by atoms with Crippen molar-refractivity contribution in [1.29, 1.82) is 0 Å². The zero-order valence-corrected chi connectivity index (χ0v) is 17.1. The lowest BCUT2D eigenvalue weighted by Gasteiger charge is -2.24. The number of amides is 1. The van der Waals surface area contributed by atoms with Crippen LogP contribution in [0.25, 0.3) is 0 Å². The molecule has 2 aromatic carbocycles. The second kappa shape index (κ2) is 9.08. The Labute approximate surface area is 183 Å². The van der Waals surface area contributed by atoms with Gasteiger partial charge in [0.1, 0.15) is 5.69 Å². The highest BCUT2D eigenvalue weighted by atomic mass is 19.4. The van der Waals surface area contributed by atoms with Crippen LogP contribution in [0.1, 0.15) is 32.7 Å². The minimum absolute atomic E-state index is 0.120. The van der Waals surface area contributed by atoms with Crippen molar-refractivity contribution in [3.8, 4) is 0 Å². The SMILES string of the molecule is Cn1nc(C(=O)N(Cc2cccc(C(F)(F)F)c2)Cc2cccc(C(F)(F)F)c2)ccc1=O. The van der Waals surface area contributed by atoms with E-state index in [0.29, 0.717) is 0 Å². The first kappa shape index (κ1) is 24.0. The number of halogens is 6. The van der Waals surface area contributed by atoms with Crippen molar-refractivity contribution in [2.24, 2.45) is 7.05 Å². The average Bonchev–Trinajstić information content (AvgIpc) is 2.74. The summed E-state index contributed by atoms with van der Waals surface area (Å²) in [7, 11) is 1.31. The molecule has 3 rings (SSSR count). The van der Waals surface area contributed by atoms with Crippen molar-refractivity contribution < 1.29 is 31.1 Å². The number of hydrogen-bond donors (Lipinski definition) is 0. The lowest BCUT2D eigenvalue weighted by atomic mass is 10.1. The summed E-state index contributed by atoms with van der Waals surface area (Å²) in [6, 6.07) is 10.8. The molecule has 0 unspecified atom stereocenters. The molecule has 3 aromatic rings. The number of aromatic nitrogens is 2. The molecule has 0 N–H and O–H groups in total. The quantitative estimate of drug-likeness (QED) is 0.511. The number of hydrogen-bond acceptors (Lipinski definition) is 3. The molecule has 0 aliphatic rings. The number of carbonyl (C=O) groups is 1. The van der Waals surface area contributed by atoms with Gasteiger partial charge in [-0.3, -0.25) is 9.59 Å². The molecule has 0 bridgehead atoms. The van der Waals surface area contributed by atoms with Gasteiger partial charge in [0, 0.05) is 26.2 Å². The van der Waals surface area contributed by atoms with Gasteiger partial charge in [-0.2, -0.15) is 31.4 Å². The summed E-state index contributed by atoms with van der Waals surface area (Å²) in [4.78, 5) is 25.7. The monoisotopic (exact) mass is 469 g/mol. The van der Waals surface area contributed by atoms with Gasteiger partial charge in [-0.1, -0.05) is 24.3 Å². The summed E-state index contributed by atoms with van der Waals surface area (Å²) >= 11 is 0. The molecule has 1 aromatic heterocycles. The molecular weight excluding hydrogens is 452 g/mol. The Morgan fingerprint density at radius 1 is 0.848 bits per heavy atom. The van der Waals surface area contributed by atoms with E-state index in [0.717, 1.165) is 46.0 Å². The van der Waals surface area contributed by atoms with Crippen LogP contribution in [0.4, 0.5) is 26.3 Å². The first-order valence-electron chi connectivity index (χ1n) is 9.50. The molecule has 0 aliphatic carbocycles. The van der Waals surface area contributed by atoms with E-state index in [1.54, 1.807) is 0 Å². The number of rotatable bonds is 5. The van der Waals surface area contributed by atoms with E-state index >= 15 is 0 Å². The second-order valence-corrected chi connectivity index (χ2v) is 7.24. The summed E-state index contributed by atoms with van der Waals surface area (Å²) in [5.74, 6) is -0.763. The number of nitrogens with zero attached hydrogens (tertiary/aromatic N) is 3. The Balaban J connectivity index is 1.98. The van der Waals surface area contributed by atoms with Crippen molar-refractivity contribution in [3.05, 3.63) is 99.0 Å². The molecule has 11 heteroatoms. The zero-order chi connectivity index (χ0) is 24.4. The molecule has 0 radical (unpaired) electrons. The summed E-state index contributed by atoms with van der Waals surface area (Å²) in [5.41, 5.74) is -2.28. The van der Waals surface area contributed by atoms with E-state index in [-0.39, 0.29) is 29.9 Å². The third kappa shape index (κ3) is 5.99. The van der Waals surface area contributed by atoms with Crippen LogP contribution in [0.5, 0.6) is 0 Å². The highest BCUT2D eigenvalue weighted by Crippen LogP contribution is 2.31. The molecule has 0 saturated heterocycles. The maximum Gasteiger partial charge on any atom is 0.416 e. The van der Waals surface area contributed by atoms with Crippen LogP contribution in [0.15, 0.2) is 65.5 Å². The van der Waals surface area contributed by atoms with Gasteiger partial charge in [0.25, 0.3) is 11.5 Å². The van der Waals surface area contributed by atoms with Crippen LogP contribution in [0.2, 0.25) is 0 Å². The van der Waals surface area contributed by atoms with Crippen LogP contribution in [-0.2, 0) is 32.5 Å². The minimum Gasteiger partial charge on any atom is -0.329 e. The van der Waals surface area contributed by atoms with Crippen molar-refractivity contribution in [2.45, 2.75) is 25.4 Å². The van der Waals surface area contributed by atoms with Gasteiger partial charge in [-0.25, -0.2) is 4.68 Å². The molecule has 1 amide bonds. The van der Waals surface area contributed by atoms with Crippen LogP contribution in [-0.4, -0.2) is 20.6 Å².